The average Bonchev–Trinajstić information content (AvgIpc) is 3.44. The molecule has 1 aliphatic carbocycles. The number of aliphatic hydroxyl groups excluding tert-OH is 1. The normalized spacial score (nSPS) is 15.3. The lowest BCUT2D eigenvalue weighted by Gasteiger charge is -2.12. The van der Waals surface area contributed by atoms with Gasteiger partial charge in [0.15, 0.2) is 0 Å². The van der Waals surface area contributed by atoms with Gasteiger partial charge in [0.05, 0.1) is 17.5 Å². The first-order valence-corrected chi connectivity index (χ1v) is 8.72. The van der Waals surface area contributed by atoms with Crippen molar-refractivity contribution in [3.63, 3.8) is 0 Å². The number of rotatable bonds is 5. The number of aryl methyl sites for hydroxylation is 1. The van der Waals surface area contributed by atoms with E-state index in [-0.39, 0.29) is 0 Å². The van der Waals surface area contributed by atoms with Crippen LogP contribution in [0.2, 0.25) is 0 Å². The van der Waals surface area contributed by atoms with Crippen LogP contribution in [0.4, 0.5) is 5.82 Å². The lowest BCUT2D eigenvalue weighted by Crippen LogP contribution is -2.03. The molecule has 5 heteroatoms. The molecule has 3 aromatic rings. The van der Waals surface area contributed by atoms with Gasteiger partial charge in [-0.25, -0.2) is 4.98 Å². The molecule has 0 amide bonds. The molecular weight excluding hydrogens is 312 g/mol. The number of aromatic nitrogens is 3. The second-order valence-electron chi connectivity index (χ2n) is 6.86. The predicted octanol–water partition coefficient (Wildman–Crippen LogP) is 3.88. The summed E-state index contributed by atoms with van der Waals surface area (Å²) >= 11 is 0. The second-order valence-corrected chi connectivity index (χ2v) is 6.86. The first-order valence-electron chi connectivity index (χ1n) is 8.72. The summed E-state index contributed by atoms with van der Waals surface area (Å²) in [6.45, 7) is 2.04. The minimum Gasteiger partial charge on any atom is -0.387 e. The maximum absolute atomic E-state index is 10.3. The van der Waals surface area contributed by atoms with Crippen LogP contribution in [0.25, 0.3) is 22.0 Å². The quantitative estimate of drug-likeness (QED) is 0.741. The van der Waals surface area contributed by atoms with Gasteiger partial charge in [0.1, 0.15) is 5.82 Å². The van der Waals surface area contributed by atoms with Crippen molar-refractivity contribution in [2.75, 3.05) is 12.4 Å². The lowest BCUT2D eigenvalue weighted by molar-refractivity contribution is 0.155. The molecule has 1 aliphatic rings. The number of pyridine rings is 3. The van der Waals surface area contributed by atoms with Crippen molar-refractivity contribution in [3.8, 4) is 11.3 Å². The van der Waals surface area contributed by atoms with E-state index in [4.69, 9.17) is 0 Å². The third-order valence-electron chi connectivity index (χ3n) is 4.86. The molecule has 128 valence electrons. The van der Waals surface area contributed by atoms with E-state index in [0.29, 0.717) is 5.92 Å². The molecule has 4 rings (SSSR count). The van der Waals surface area contributed by atoms with Crippen LogP contribution in [0.15, 0.2) is 36.8 Å². The maximum atomic E-state index is 10.3. The Morgan fingerprint density at radius 2 is 1.84 bits per heavy atom. The van der Waals surface area contributed by atoms with Gasteiger partial charge in [-0.05, 0) is 43.0 Å². The number of fused-ring (bicyclic) bond motifs is 1. The van der Waals surface area contributed by atoms with E-state index < -0.39 is 6.10 Å². The summed E-state index contributed by atoms with van der Waals surface area (Å²) in [6, 6.07) is 6.00. The van der Waals surface area contributed by atoms with Crippen LogP contribution in [-0.4, -0.2) is 27.1 Å². The zero-order valence-corrected chi connectivity index (χ0v) is 14.5. The number of nitrogens with one attached hydrogen (secondary N) is 1. The fourth-order valence-electron chi connectivity index (χ4n) is 3.14. The van der Waals surface area contributed by atoms with Gasteiger partial charge in [0, 0.05) is 42.0 Å². The monoisotopic (exact) mass is 334 g/mol. The Morgan fingerprint density at radius 1 is 1.08 bits per heavy atom. The van der Waals surface area contributed by atoms with Crippen molar-refractivity contribution in [2.45, 2.75) is 32.3 Å². The molecule has 1 saturated carbocycles. The first kappa shape index (κ1) is 16.0. The van der Waals surface area contributed by atoms with E-state index in [1.165, 1.54) is 12.8 Å². The van der Waals surface area contributed by atoms with Gasteiger partial charge in [0.25, 0.3) is 0 Å². The molecule has 0 bridgehead atoms. The average molecular weight is 334 g/mol. The number of aliphatic hydroxyl groups is 1. The molecular formula is C20H22N4O. The molecule has 0 saturated heterocycles. The molecule has 25 heavy (non-hydrogen) atoms. The molecule has 0 aliphatic heterocycles. The van der Waals surface area contributed by atoms with Crippen molar-refractivity contribution in [3.05, 3.63) is 48.0 Å². The summed E-state index contributed by atoms with van der Waals surface area (Å²) in [5, 5.41) is 15.4. The first-order chi connectivity index (χ1) is 12.1. The van der Waals surface area contributed by atoms with Crippen molar-refractivity contribution >= 4 is 16.6 Å². The van der Waals surface area contributed by atoms with Gasteiger partial charge in [-0.2, -0.15) is 0 Å². The highest BCUT2D eigenvalue weighted by Crippen LogP contribution is 2.37. The molecule has 0 spiro atoms. The fourth-order valence-corrected chi connectivity index (χ4v) is 3.14. The molecule has 0 radical (unpaired) electrons. The van der Waals surface area contributed by atoms with E-state index in [0.717, 1.165) is 45.5 Å². The molecule has 3 heterocycles. The van der Waals surface area contributed by atoms with Gasteiger partial charge in [-0.15, -0.1) is 0 Å². The summed E-state index contributed by atoms with van der Waals surface area (Å²) in [5.41, 5.74) is 3.70. The topological polar surface area (TPSA) is 70.9 Å². The molecule has 1 atom stereocenters. The molecule has 3 aromatic heterocycles. The summed E-state index contributed by atoms with van der Waals surface area (Å²) in [4.78, 5) is 13.4. The van der Waals surface area contributed by atoms with Gasteiger partial charge < -0.3 is 10.4 Å². The highest BCUT2D eigenvalue weighted by atomic mass is 16.3. The van der Waals surface area contributed by atoms with E-state index in [1.807, 2.05) is 50.8 Å². The standard InChI is InChI=1S/C20H22N4O/c1-12-5-18(19(25)6-13-3-4-13)23-11-16(12)17-7-14-10-24-20(21-2)8-15(14)9-22-17/h5,7-11,13,19,25H,3-4,6H2,1-2H3,(H,21,24)/t19-/m1/s1. The number of hydrogen-bond donors (Lipinski definition) is 2. The smallest absolute Gasteiger partial charge is 0.126 e. The van der Waals surface area contributed by atoms with Crippen LogP contribution in [0.1, 0.15) is 36.6 Å². The van der Waals surface area contributed by atoms with E-state index >= 15 is 0 Å². The van der Waals surface area contributed by atoms with Crippen LogP contribution >= 0.6 is 0 Å². The number of hydrogen-bond acceptors (Lipinski definition) is 5. The zero-order chi connectivity index (χ0) is 17.4. The van der Waals surface area contributed by atoms with Crippen LogP contribution in [0.3, 0.4) is 0 Å². The minimum absolute atomic E-state index is 0.464. The summed E-state index contributed by atoms with van der Waals surface area (Å²) < 4.78 is 0. The number of anilines is 1. The lowest BCUT2D eigenvalue weighted by atomic mass is 10.0. The second kappa shape index (κ2) is 6.41. The Morgan fingerprint density at radius 3 is 2.56 bits per heavy atom. The molecule has 0 unspecified atom stereocenters. The molecule has 0 aromatic carbocycles. The van der Waals surface area contributed by atoms with E-state index in [1.54, 1.807) is 0 Å². The third kappa shape index (κ3) is 3.33. The Hall–Kier alpha value is -2.53. The molecule has 1 fully saturated rings. The van der Waals surface area contributed by atoms with Crippen LogP contribution in [0.5, 0.6) is 0 Å². The SMILES string of the molecule is CNc1cc2cnc(-c3cnc([C@H](O)CC4CC4)cc3C)cc2cn1. The highest BCUT2D eigenvalue weighted by Gasteiger charge is 2.26. The van der Waals surface area contributed by atoms with Gasteiger partial charge in [-0.1, -0.05) is 12.8 Å². The van der Waals surface area contributed by atoms with Crippen LogP contribution in [0, 0.1) is 12.8 Å². The van der Waals surface area contributed by atoms with Crippen molar-refractivity contribution < 1.29 is 5.11 Å². The highest BCUT2D eigenvalue weighted by molar-refractivity contribution is 5.86. The number of nitrogens with zero attached hydrogens (tertiary/aromatic N) is 3. The van der Waals surface area contributed by atoms with Crippen molar-refractivity contribution in [1.29, 1.82) is 0 Å². The molecule has 5 nitrogen and oxygen atoms in total. The summed E-state index contributed by atoms with van der Waals surface area (Å²) in [7, 11) is 1.85. The predicted molar refractivity (Wildman–Crippen MR) is 99.4 cm³/mol. The third-order valence-corrected chi connectivity index (χ3v) is 4.86. The maximum Gasteiger partial charge on any atom is 0.126 e. The Kier molecular flexibility index (Phi) is 4.09. The zero-order valence-electron chi connectivity index (χ0n) is 14.5. The fraction of sp³-hybridized carbons (Fsp3) is 0.350. The van der Waals surface area contributed by atoms with Gasteiger partial charge in [-0.3, -0.25) is 9.97 Å². The Balaban J connectivity index is 1.65. The van der Waals surface area contributed by atoms with Crippen molar-refractivity contribution in [2.24, 2.45) is 5.92 Å². The summed E-state index contributed by atoms with van der Waals surface area (Å²) in [5.74, 6) is 1.50. The van der Waals surface area contributed by atoms with Gasteiger partial charge in [0.2, 0.25) is 0 Å². The Bertz CT molecular complexity index is 921. The van der Waals surface area contributed by atoms with E-state index in [9.17, 15) is 5.11 Å². The van der Waals surface area contributed by atoms with Gasteiger partial charge >= 0.3 is 0 Å². The largest absolute Gasteiger partial charge is 0.387 e. The van der Waals surface area contributed by atoms with Crippen molar-refractivity contribution in [1.82, 2.24) is 15.0 Å². The minimum atomic E-state index is -0.464. The summed E-state index contributed by atoms with van der Waals surface area (Å²) in [6.07, 6.45) is 8.36. The van der Waals surface area contributed by atoms with Crippen LogP contribution in [-0.2, 0) is 0 Å². The Labute approximate surface area is 147 Å². The van der Waals surface area contributed by atoms with E-state index in [2.05, 4.69) is 20.3 Å². The van der Waals surface area contributed by atoms with Crippen LogP contribution < -0.4 is 5.32 Å². The molecule has 2 N–H and O–H groups in total.